The number of halogens is 1. The average molecular weight is 366 g/mol. The van der Waals surface area contributed by atoms with Gasteiger partial charge in [0.2, 0.25) is 5.91 Å². The third kappa shape index (κ3) is 5.44. The molecule has 0 spiro atoms. The van der Waals surface area contributed by atoms with E-state index in [-0.39, 0.29) is 5.91 Å². The van der Waals surface area contributed by atoms with E-state index in [4.69, 9.17) is 18.0 Å². The molecule has 0 atom stereocenters. The highest BCUT2D eigenvalue weighted by Gasteiger charge is 2.09. The Balaban J connectivity index is 2.31. The second kappa shape index (κ2) is 6.90. The van der Waals surface area contributed by atoms with Gasteiger partial charge >= 0.3 is 0 Å². The summed E-state index contributed by atoms with van der Waals surface area (Å²) < 4.78 is 2.83. The summed E-state index contributed by atoms with van der Waals surface area (Å²) in [6.45, 7) is 1.17. The molecule has 0 radical (unpaired) electrons. The van der Waals surface area contributed by atoms with Crippen molar-refractivity contribution in [2.24, 2.45) is 5.73 Å². The fourth-order valence-electron chi connectivity index (χ4n) is 1.26. The zero-order valence-corrected chi connectivity index (χ0v) is 12.6. The molecule has 94 valence electrons. The van der Waals surface area contributed by atoms with Crippen molar-refractivity contribution in [3.8, 4) is 0 Å². The maximum absolute atomic E-state index is 11.7. The van der Waals surface area contributed by atoms with E-state index in [9.17, 15) is 4.79 Å². The van der Waals surface area contributed by atoms with E-state index in [0.29, 0.717) is 30.9 Å². The van der Waals surface area contributed by atoms with Crippen LogP contribution in [0.15, 0.2) is 12.4 Å². The Kier molecular flexibility index (Phi) is 5.83. The zero-order valence-electron chi connectivity index (χ0n) is 9.60. The lowest BCUT2D eigenvalue weighted by Gasteiger charge is -2.16. The molecule has 5 nitrogen and oxygen atoms in total. The van der Waals surface area contributed by atoms with Gasteiger partial charge in [0.25, 0.3) is 0 Å². The third-order valence-corrected chi connectivity index (χ3v) is 3.04. The van der Waals surface area contributed by atoms with Gasteiger partial charge in [0.1, 0.15) is 0 Å². The van der Waals surface area contributed by atoms with Gasteiger partial charge < -0.3 is 10.6 Å². The van der Waals surface area contributed by atoms with Crippen LogP contribution in [0.1, 0.15) is 12.8 Å². The van der Waals surface area contributed by atoms with Gasteiger partial charge in [-0.05, 0) is 22.6 Å². The van der Waals surface area contributed by atoms with E-state index in [1.165, 1.54) is 0 Å². The number of carbonyl (C=O) groups is 1. The minimum absolute atomic E-state index is 0.0757. The molecule has 1 rings (SSSR count). The molecule has 0 aliphatic carbocycles. The predicted octanol–water partition coefficient (Wildman–Crippen LogP) is 1.01. The molecule has 1 aromatic heterocycles. The molecule has 0 saturated carbocycles. The van der Waals surface area contributed by atoms with Gasteiger partial charge in [-0.2, -0.15) is 5.10 Å². The van der Waals surface area contributed by atoms with Crippen molar-refractivity contribution in [1.82, 2.24) is 14.7 Å². The number of rotatable bonds is 6. The van der Waals surface area contributed by atoms with Crippen LogP contribution >= 0.6 is 34.8 Å². The highest BCUT2D eigenvalue weighted by molar-refractivity contribution is 14.1. The van der Waals surface area contributed by atoms with Crippen LogP contribution in [0.4, 0.5) is 0 Å². The molecule has 0 saturated heterocycles. The van der Waals surface area contributed by atoms with Gasteiger partial charge in [-0.1, -0.05) is 12.2 Å². The van der Waals surface area contributed by atoms with Crippen molar-refractivity contribution >= 4 is 45.7 Å². The number of aryl methyl sites for hydroxylation is 1. The summed E-state index contributed by atoms with van der Waals surface area (Å²) in [6.07, 6.45) is 4.67. The highest BCUT2D eigenvalue weighted by Crippen LogP contribution is 2.02. The van der Waals surface area contributed by atoms with Gasteiger partial charge in [0.15, 0.2) is 0 Å². The number of aromatic nitrogens is 2. The Bertz CT molecular complexity index is 407. The quantitative estimate of drug-likeness (QED) is 0.603. The molecule has 1 amide bonds. The molecule has 1 aromatic rings. The first-order valence-corrected chi connectivity index (χ1v) is 6.68. The lowest BCUT2D eigenvalue weighted by Crippen LogP contribution is -2.30. The monoisotopic (exact) mass is 366 g/mol. The number of hydrogen-bond donors (Lipinski definition) is 1. The van der Waals surface area contributed by atoms with Gasteiger partial charge in [0.05, 0.1) is 14.8 Å². The summed E-state index contributed by atoms with van der Waals surface area (Å²) in [4.78, 5) is 13.8. The predicted molar refractivity (Wildman–Crippen MR) is 78.6 cm³/mol. The molecule has 1 heterocycles. The van der Waals surface area contributed by atoms with Crippen molar-refractivity contribution in [2.45, 2.75) is 19.4 Å². The lowest BCUT2D eigenvalue weighted by molar-refractivity contribution is -0.130. The van der Waals surface area contributed by atoms with Crippen molar-refractivity contribution in [3.05, 3.63) is 16.0 Å². The molecule has 0 aliphatic rings. The Morgan fingerprint density at radius 2 is 2.35 bits per heavy atom. The molecule has 0 aromatic carbocycles. The Morgan fingerprint density at radius 1 is 1.65 bits per heavy atom. The highest BCUT2D eigenvalue weighted by atomic mass is 127. The smallest absolute Gasteiger partial charge is 0.224 e. The Morgan fingerprint density at radius 3 is 2.88 bits per heavy atom. The maximum atomic E-state index is 11.7. The first-order chi connectivity index (χ1) is 7.99. The van der Waals surface area contributed by atoms with Crippen LogP contribution < -0.4 is 5.73 Å². The van der Waals surface area contributed by atoms with Crippen molar-refractivity contribution in [1.29, 1.82) is 0 Å². The zero-order chi connectivity index (χ0) is 12.8. The number of nitrogens with zero attached hydrogens (tertiary/aromatic N) is 3. The fraction of sp³-hybridized carbons (Fsp3) is 0.500. The summed E-state index contributed by atoms with van der Waals surface area (Å²) in [6, 6.07) is 0. The molecular weight excluding hydrogens is 351 g/mol. The van der Waals surface area contributed by atoms with Crippen molar-refractivity contribution in [3.63, 3.8) is 0 Å². The molecule has 2 N–H and O–H groups in total. The van der Waals surface area contributed by atoms with E-state index < -0.39 is 0 Å². The van der Waals surface area contributed by atoms with Crippen LogP contribution in [0, 0.1) is 3.57 Å². The van der Waals surface area contributed by atoms with E-state index >= 15 is 0 Å². The number of amides is 1. The molecular formula is C10H15IN4OS. The Labute approximate surface area is 119 Å². The van der Waals surface area contributed by atoms with Crippen LogP contribution in [0.2, 0.25) is 0 Å². The van der Waals surface area contributed by atoms with Crippen LogP contribution in [0.5, 0.6) is 0 Å². The summed E-state index contributed by atoms with van der Waals surface area (Å²) in [7, 11) is 1.76. The van der Waals surface area contributed by atoms with Gasteiger partial charge in [-0.25, -0.2) is 0 Å². The van der Waals surface area contributed by atoms with E-state index in [1.54, 1.807) is 22.8 Å². The molecule has 0 bridgehead atoms. The number of nitrogens with two attached hydrogens (primary N) is 1. The normalized spacial score (nSPS) is 10.2. The molecule has 0 fully saturated rings. The topological polar surface area (TPSA) is 64.2 Å². The van der Waals surface area contributed by atoms with E-state index in [1.807, 2.05) is 6.20 Å². The molecule has 17 heavy (non-hydrogen) atoms. The van der Waals surface area contributed by atoms with Crippen molar-refractivity contribution in [2.75, 3.05) is 13.6 Å². The SMILES string of the molecule is CN(CCC(N)=S)C(=O)CCn1cc(I)cn1. The summed E-state index contributed by atoms with van der Waals surface area (Å²) in [5.41, 5.74) is 5.39. The van der Waals surface area contributed by atoms with Gasteiger partial charge in [0, 0.05) is 39.2 Å². The summed E-state index contributed by atoms with van der Waals surface area (Å²) in [5.74, 6) is 0.0757. The average Bonchev–Trinajstić information content (AvgIpc) is 2.68. The summed E-state index contributed by atoms with van der Waals surface area (Å²) >= 11 is 6.95. The third-order valence-electron chi connectivity index (χ3n) is 2.28. The molecule has 0 aliphatic heterocycles. The lowest BCUT2D eigenvalue weighted by atomic mass is 10.3. The largest absolute Gasteiger partial charge is 0.393 e. The first-order valence-electron chi connectivity index (χ1n) is 5.19. The van der Waals surface area contributed by atoms with Crippen LogP contribution in [-0.4, -0.2) is 39.2 Å². The van der Waals surface area contributed by atoms with E-state index in [0.717, 1.165) is 3.57 Å². The van der Waals surface area contributed by atoms with Crippen molar-refractivity contribution < 1.29 is 4.79 Å². The standard InChI is InChI=1S/C10H15IN4OS/c1-14(4-2-9(12)17)10(16)3-5-15-7-8(11)6-13-15/h6-7H,2-5H2,1H3,(H2,12,17). The second-order valence-electron chi connectivity index (χ2n) is 3.70. The first kappa shape index (κ1) is 14.4. The van der Waals surface area contributed by atoms with Gasteiger partial charge in [-0.15, -0.1) is 0 Å². The minimum atomic E-state index is 0.0757. The Hall–Kier alpha value is -0.700. The number of carbonyl (C=O) groups excluding carboxylic acids is 1. The van der Waals surface area contributed by atoms with Crippen LogP contribution in [0.3, 0.4) is 0 Å². The fourth-order valence-corrected chi connectivity index (χ4v) is 1.80. The molecule has 7 heteroatoms. The van der Waals surface area contributed by atoms with Crippen LogP contribution in [0.25, 0.3) is 0 Å². The molecule has 0 unspecified atom stereocenters. The minimum Gasteiger partial charge on any atom is -0.393 e. The summed E-state index contributed by atoms with van der Waals surface area (Å²) in [5, 5.41) is 4.12. The maximum Gasteiger partial charge on any atom is 0.224 e. The number of hydrogen-bond acceptors (Lipinski definition) is 3. The van der Waals surface area contributed by atoms with Crippen LogP contribution in [-0.2, 0) is 11.3 Å². The van der Waals surface area contributed by atoms with E-state index in [2.05, 4.69) is 27.7 Å². The number of thiocarbonyl (C=S) groups is 1. The second-order valence-corrected chi connectivity index (χ2v) is 5.47. The van der Waals surface area contributed by atoms with Gasteiger partial charge in [-0.3, -0.25) is 9.48 Å².